The number of hydrazine groups is 2. The summed E-state index contributed by atoms with van der Waals surface area (Å²) < 4.78 is 0. The zero-order valence-corrected chi connectivity index (χ0v) is 12.4. The van der Waals surface area contributed by atoms with Crippen LogP contribution >= 0.6 is 11.6 Å². The highest BCUT2D eigenvalue weighted by Crippen LogP contribution is 2.25. The molecule has 3 N–H and O–H groups in total. The van der Waals surface area contributed by atoms with Gasteiger partial charge in [0, 0.05) is 18.0 Å². The van der Waals surface area contributed by atoms with Crippen LogP contribution in [-0.4, -0.2) is 16.1 Å². The largest absolute Gasteiger partial charge is 0.478 e. The summed E-state index contributed by atoms with van der Waals surface area (Å²) in [6.07, 6.45) is 3.49. The van der Waals surface area contributed by atoms with Gasteiger partial charge in [0.25, 0.3) is 0 Å². The maximum Gasteiger partial charge on any atom is 0.335 e. The topological polar surface area (TPSA) is 77.5 Å². The summed E-state index contributed by atoms with van der Waals surface area (Å²) >= 11 is 5.78. The predicted molar refractivity (Wildman–Crippen MR) is 84.1 cm³/mol. The lowest BCUT2D eigenvalue weighted by Gasteiger charge is -2.18. The number of aromatic carboxylic acids is 1. The summed E-state index contributed by atoms with van der Waals surface area (Å²) in [5.41, 5.74) is 9.62. The summed E-state index contributed by atoms with van der Waals surface area (Å²) in [7, 11) is 0. The first kappa shape index (κ1) is 14.4. The van der Waals surface area contributed by atoms with Crippen molar-refractivity contribution in [3.8, 4) is 0 Å². The maximum atomic E-state index is 11.1. The molecule has 0 radical (unpaired) electrons. The van der Waals surface area contributed by atoms with E-state index in [1.165, 1.54) is 0 Å². The first-order valence-electron chi connectivity index (χ1n) is 6.53. The van der Waals surface area contributed by atoms with Gasteiger partial charge in [0.15, 0.2) is 0 Å². The van der Waals surface area contributed by atoms with Crippen LogP contribution in [0.3, 0.4) is 0 Å². The number of anilines is 1. The zero-order chi connectivity index (χ0) is 15.7. The molecule has 1 aromatic carbocycles. The Kier molecular flexibility index (Phi) is 3.70. The second kappa shape index (κ2) is 5.67. The summed E-state index contributed by atoms with van der Waals surface area (Å²) in [4.78, 5) is 15.1. The molecule has 0 amide bonds. The third-order valence-corrected chi connectivity index (χ3v) is 3.55. The van der Waals surface area contributed by atoms with Gasteiger partial charge in [0.1, 0.15) is 5.15 Å². The summed E-state index contributed by atoms with van der Waals surface area (Å²) in [5, 5.41) is 11.3. The molecule has 2 heterocycles. The molecule has 1 aliphatic rings. The number of benzene rings is 1. The van der Waals surface area contributed by atoms with Crippen LogP contribution in [0.5, 0.6) is 0 Å². The van der Waals surface area contributed by atoms with E-state index in [0.29, 0.717) is 5.15 Å². The van der Waals surface area contributed by atoms with E-state index in [-0.39, 0.29) is 5.56 Å². The third-order valence-electron chi connectivity index (χ3n) is 3.32. The molecule has 3 rings (SSSR count). The van der Waals surface area contributed by atoms with Crippen molar-refractivity contribution in [1.29, 1.82) is 0 Å². The Labute approximate surface area is 132 Å². The van der Waals surface area contributed by atoms with E-state index in [4.69, 9.17) is 16.7 Å². The van der Waals surface area contributed by atoms with E-state index >= 15 is 0 Å². The highest BCUT2D eigenvalue weighted by atomic mass is 35.5. The van der Waals surface area contributed by atoms with Crippen molar-refractivity contribution in [1.82, 2.24) is 15.9 Å². The number of aryl methyl sites for hydroxylation is 1. The van der Waals surface area contributed by atoms with E-state index < -0.39 is 5.97 Å². The Morgan fingerprint density at radius 3 is 2.82 bits per heavy atom. The Balaban J connectivity index is 1.92. The molecule has 0 saturated heterocycles. The summed E-state index contributed by atoms with van der Waals surface area (Å²) in [6.45, 7) is 1.92. The van der Waals surface area contributed by atoms with Crippen LogP contribution < -0.4 is 16.0 Å². The number of carbonyl (C=O) groups is 1. The second-order valence-electron chi connectivity index (χ2n) is 4.83. The molecule has 2 aromatic rings. The van der Waals surface area contributed by atoms with E-state index in [2.05, 4.69) is 15.9 Å². The van der Waals surface area contributed by atoms with Crippen LogP contribution in [0.15, 0.2) is 42.7 Å². The second-order valence-corrected chi connectivity index (χ2v) is 5.21. The van der Waals surface area contributed by atoms with Crippen molar-refractivity contribution in [2.75, 3.05) is 5.01 Å². The SMILES string of the molecule is Cc1ccc(C(=O)O)cc1N1C=C(c2ccc(Cl)nc2)NN1. The van der Waals surface area contributed by atoms with E-state index in [1.807, 2.05) is 19.2 Å². The number of halogens is 1. The number of hydrogen-bond acceptors (Lipinski definition) is 5. The van der Waals surface area contributed by atoms with E-state index in [1.54, 1.807) is 35.5 Å². The Hall–Kier alpha value is -2.57. The molecule has 6 nitrogen and oxygen atoms in total. The molecule has 0 fully saturated rings. The van der Waals surface area contributed by atoms with Crippen molar-refractivity contribution in [3.05, 3.63) is 64.6 Å². The number of hydrogen-bond donors (Lipinski definition) is 3. The number of rotatable bonds is 3. The molecular formula is C15H13ClN4O2. The minimum absolute atomic E-state index is 0.234. The number of nitrogens with one attached hydrogen (secondary N) is 2. The highest BCUT2D eigenvalue weighted by Gasteiger charge is 2.17. The molecule has 1 aromatic heterocycles. The molecule has 22 heavy (non-hydrogen) atoms. The molecule has 0 spiro atoms. The van der Waals surface area contributed by atoms with Gasteiger partial charge in [0.05, 0.1) is 16.9 Å². The average Bonchev–Trinajstić information content (AvgIpc) is 2.98. The van der Waals surface area contributed by atoms with Crippen molar-refractivity contribution in [2.45, 2.75) is 6.92 Å². The molecule has 0 aliphatic carbocycles. The lowest BCUT2D eigenvalue weighted by atomic mass is 10.1. The van der Waals surface area contributed by atoms with Crippen LogP contribution in [0, 0.1) is 6.92 Å². The van der Waals surface area contributed by atoms with Crippen molar-refractivity contribution >= 4 is 29.0 Å². The minimum atomic E-state index is -0.959. The first-order valence-corrected chi connectivity index (χ1v) is 6.91. The van der Waals surface area contributed by atoms with Crippen molar-refractivity contribution in [2.24, 2.45) is 0 Å². The Morgan fingerprint density at radius 1 is 1.32 bits per heavy atom. The average molecular weight is 317 g/mol. The number of carboxylic acid groups (broad SMARTS) is 1. The molecule has 0 saturated carbocycles. The van der Waals surface area contributed by atoms with Gasteiger partial charge in [-0.2, -0.15) is 0 Å². The molecule has 0 unspecified atom stereocenters. The lowest BCUT2D eigenvalue weighted by molar-refractivity contribution is 0.0697. The van der Waals surface area contributed by atoms with E-state index in [0.717, 1.165) is 22.5 Å². The quantitative estimate of drug-likeness (QED) is 0.756. The van der Waals surface area contributed by atoms with Crippen molar-refractivity contribution < 1.29 is 9.90 Å². The fourth-order valence-corrected chi connectivity index (χ4v) is 2.24. The summed E-state index contributed by atoms with van der Waals surface area (Å²) in [5.74, 6) is -0.959. The van der Waals surface area contributed by atoms with Gasteiger partial charge in [-0.25, -0.2) is 9.78 Å². The Morgan fingerprint density at radius 2 is 2.14 bits per heavy atom. The van der Waals surface area contributed by atoms with Crippen LogP contribution in [0.1, 0.15) is 21.5 Å². The van der Waals surface area contributed by atoms with Crippen LogP contribution in [0.4, 0.5) is 5.69 Å². The maximum absolute atomic E-state index is 11.1. The van der Waals surface area contributed by atoms with Crippen LogP contribution in [0.2, 0.25) is 5.15 Å². The van der Waals surface area contributed by atoms with Crippen LogP contribution in [-0.2, 0) is 0 Å². The molecular weight excluding hydrogens is 304 g/mol. The Bertz CT molecular complexity index is 759. The minimum Gasteiger partial charge on any atom is -0.478 e. The summed E-state index contributed by atoms with van der Waals surface area (Å²) in [6, 6.07) is 8.53. The van der Waals surface area contributed by atoms with Gasteiger partial charge in [0.2, 0.25) is 0 Å². The van der Waals surface area contributed by atoms with Gasteiger partial charge in [-0.05, 0) is 36.8 Å². The number of carboxylic acids is 1. The zero-order valence-electron chi connectivity index (χ0n) is 11.7. The normalized spacial score (nSPS) is 13.7. The fraction of sp³-hybridized carbons (Fsp3) is 0.0667. The highest BCUT2D eigenvalue weighted by molar-refractivity contribution is 6.29. The lowest BCUT2D eigenvalue weighted by Crippen LogP contribution is -2.36. The number of nitrogens with zero attached hydrogens (tertiary/aromatic N) is 2. The monoisotopic (exact) mass is 316 g/mol. The smallest absolute Gasteiger partial charge is 0.335 e. The van der Waals surface area contributed by atoms with Gasteiger partial charge >= 0.3 is 5.97 Å². The predicted octanol–water partition coefficient (Wildman–Crippen LogP) is 2.57. The van der Waals surface area contributed by atoms with Gasteiger partial charge in [-0.3, -0.25) is 5.01 Å². The molecule has 0 bridgehead atoms. The number of aromatic nitrogens is 1. The van der Waals surface area contributed by atoms with Crippen molar-refractivity contribution in [3.63, 3.8) is 0 Å². The molecule has 112 valence electrons. The number of pyridine rings is 1. The van der Waals surface area contributed by atoms with Gasteiger partial charge in [-0.1, -0.05) is 17.7 Å². The van der Waals surface area contributed by atoms with Crippen LogP contribution in [0.25, 0.3) is 5.70 Å². The molecule has 0 atom stereocenters. The first-order chi connectivity index (χ1) is 10.5. The molecule has 1 aliphatic heterocycles. The standard InChI is InChI=1S/C15H13ClN4O2/c1-9-2-3-10(15(21)22)6-13(9)20-8-12(18-19-20)11-4-5-14(16)17-7-11/h2-8,18-19H,1H3,(H,21,22). The molecule has 7 heteroatoms. The van der Waals surface area contributed by atoms with Gasteiger partial charge in [-0.15, -0.1) is 5.53 Å². The van der Waals surface area contributed by atoms with E-state index in [9.17, 15) is 4.79 Å². The fourth-order valence-electron chi connectivity index (χ4n) is 2.13. The third kappa shape index (κ3) is 2.74. The van der Waals surface area contributed by atoms with Gasteiger partial charge < -0.3 is 10.5 Å².